The molecule has 0 spiro atoms. The maximum Gasteiger partial charge on any atom is 0.0798 e. The molecule has 3 unspecified atom stereocenters. The topological polar surface area (TPSA) is 42.2 Å². The number of rotatable bonds is 2. The van der Waals surface area contributed by atoms with Crippen LogP contribution in [0.15, 0.2) is 5.51 Å². The number of likely N-dealkylation sites (tertiary alicyclic amines) is 1. The molecular formula is C12H20ClN3S. The molecule has 96 valence electrons. The molecule has 2 N–H and O–H groups in total. The second-order valence-electron chi connectivity index (χ2n) is 5.22. The van der Waals surface area contributed by atoms with E-state index in [1.54, 1.807) is 11.3 Å². The third-order valence-electron chi connectivity index (χ3n) is 4.20. The van der Waals surface area contributed by atoms with E-state index in [0.29, 0.717) is 6.04 Å². The van der Waals surface area contributed by atoms with Crippen LogP contribution in [0.25, 0.3) is 0 Å². The lowest BCUT2D eigenvalue weighted by Gasteiger charge is -2.17. The monoisotopic (exact) mass is 273 g/mol. The SMILES string of the molecule is Cc1ncsc1CN1CC2CCC(N)C2C1.Cl. The van der Waals surface area contributed by atoms with Crippen molar-refractivity contribution in [1.29, 1.82) is 0 Å². The van der Waals surface area contributed by atoms with E-state index in [-0.39, 0.29) is 12.4 Å². The predicted octanol–water partition coefficient (Wildman–Crippen LogP) is 2.04. The number of hydrogen-bond donors (Lipinski definition) is 1. The molecule has 1 aromatic rings. The van der Waals surface area contributed by atoms with Gasteiger partial charge in [0.2, 0.25) is 0 Å². The van der Waals surface area contributed by atoms with Gasteiger partial charge in [0, 0.05) is 30.6 Å². The highest BCUT2D eigenvalue weighted by Crippen LogP contribution is 2.37. The largest absolute Gasteiger partial charge is 0.327 e. The summed E-state index contributed by atoms with van der Waals surface area (Å²) in [6.45, 7) is 5.63. The Morgan fingerprint density at radius 3 is 2.94 bits per heavy atom. The van der Waals surface area contributed by atoms with Crippen LogP contribution in [-0.4, -0.2) is 29.0 Å². The van der Waals surface area contributed by atoms with Gasteiger partial charge in [-0.1, -0.05) is 0 Å². The van der Waals surface area contributed by atoms with Crippen LogP contribution in [0.4, 0.5) is 0 Å². The smallest absolute Gasteiger partial charge is 0.0798 e. The number of nitrogens with zero attached hydrogens (tertiary/aromatic N) is 2. The van der Waals surface area contributed by atoms with E-state index in [1.165, 1.54) is 36.5 Å². The molecule has 0 aromatic carbocycles. The first kappa shape index (κ1) is 13.3. The number of nitrogens with two attached hydrogens (primary N) is 1. The molecule has 0 amide bonds. The number of aryl methyl sites for hydroxylation is 1. The average molecular weight is 274 g/mol. The molecule has 0 bridgehead atoms. The summed E-state index contributed by atoms with van der Waals surface area (Å²) in [5, 5.41) is 0. The highest BCUT2D eigenvalue weighted by atomic mass is 35.5. The van der Waals surface area contributed by atoms with Crippen molar-refractivity contribution < 1.29 is 0 Å². The predicted molar refractivity (Wildman–Crippen MR) is 73.6 cm³/mol. The maximum absolute atomic E-state index is 6.15. The van der Waals surface area contributed by atoms with Gasteiger partial charge in [-0.15, -0.1) is 23.7 Å². The Bertz CT molecular complexity index is 382. The van der Waals surface area contributed by atoms with Gasteiger partial charge < -0.3 is 5.73 Å². The summed E-state index contributed by atoms with van der Waals surface area (Å²) in [5.41, 5.74) is 9.30. The minimum Gasteiger partial charge on any atom is -0.327 e. The van der Waals surface area contributed by atoms with Crippen molar-refractivity contribution in [2.24, 2.45) is 17.6 Å². The fourth-order valence-electron chi connectivity index (χ4n) is 3.21. The molecule has 2 heterocycles. The minimum atomic E-state index is 0. The van der Waals surface area contributed by atoms with Crippen LogP contribution in [0.1, 0.15) is 23.4 Å². The van der Waals surface area contributed by atoms with Crippen molar-refractivity contribution in [3.8, 4) is 0 Å². The van der Waals surface area contributed by atoms with Gasteiger partial charge in [-0.25, -0.2) is 4.98 Å². The lowest BCUT2D eigenvalue weighted by molar-refractivity contribution is 0.300. The maximum atomic E-state index is 6.15. The second kappa shape index (κ2) is 5.22. The van der Waals surface area contributed by atoms with Crippen LogP contribution >= 0.6 is 23.7 Å². The van der Waals surface area contributed by atoms with Gasteiger partial charge in [0.15, 0.2) is 0 Å². The third kappa shape index (κ3) is 2.50. The summed E-state index contributed by atoms with van der Waals surface area (Å²) in [6.07, 6.45) is 2.58. The summed E-state index contributed by atoms with van der Waals surface area (Å²) >= 11 is 1.78. The lowest BCUT2D eigenvalue weighted by Crippen LogP contribution is -2.30. The highest BCUT2D eigenvalue weighted by Gasteiger charge is 2.40. The molecule has 1 aliphatic heterocycles. The molecule has 2 aliphatic rings. The van der Waals surface area contributed by atoms with Crippen molar-refractivity contribution >= 4 is 23.7 Å². The minimum absolute atomic E-state index is 0. The number of halogens is 1. The van der Waals surface area contributed by atoms with Crippen LogP contribution in [0.2, 0.25) is 0 Å². The van der Waals surface area contributed by atoms with E-state index in [1.807, 2.05) is 5.51 Å². The zero-order valence-electron chi connectivity index (χ0n) is 10.1. The Hall–Kier alpha value is -0.160. The summed E-state index contributed by atoms with van der Waals surface area (Å²) < 4.78 is 0. The number of fused-ring (bicyclic) bond motifs is 1. The van der Waals surface area contributed by atoms with Crippen molar-refractivity contribution in [1.82, 2.24) is 9.88 Å². The Kier molecular flexibility index (Phi) is 4.08. The van der Waals surface area contributed by atoms with Crippen LogP contribution in [-0.2, 0) is 6.54 Å². The molecule has 1 aromatic heterocycles. The first-order valence-electron chi connectivity index (χ1n) is 6.11. The molecule has 3 rings (SSSR count). The number of hydrogen-bond acceptors (Lipinski definition) is 4. The Morgan fingerprint density at radius 1 is 1.47 bits per heavy atom. The van der Waals surface area contributed by atoms with Gasteiger partial charge in [0.25, 0.3) is 0 Å². The lowest BCUT2D eigenvalue weighted by atomic mass is 9.98. The van der Waals surface area contributed by atoms with Crippen molar-refractivity contribution in [3.63, 3.8) is 0 Å². The quantitative estimate of drug-likeness (QED) is 0.897. The Morgan fingerprint density at radius 2 is 2.29 bits per heavy atom. The van der Waals surface area contributed by atoms with Crippen LogP contribution in [0, 0.1) is 18.8 Å². The molecule has 5 heteroatoms. The Balaban J connectivity index is 0.00000108. The molecule has 2 fully saturated rings. The molecule has 1 saturated carbocycles. The van der Waals surface area contributed by atoms with E-state index in [4.69, 9.17) is 5.73 Å². The molecule has 17 heavy (non-hydrogen) atoms. The van der Waals surface area contributed by atoms with Crippen LogP contribution < -0.4 is 5.73 Å². The van der Waals surface area contributed by atoms with E-state index in [2.05, 4.69) is 16.8 Å². The summed E-state index contributed by atoms with van der Waals surface area (Å²) in [5.74, 6) is 1.62. The molecule has 1 aliphatic carbocycles. The highest BCUT2D eigenvalue weighted by molar-refractivity contribution is 7.09. The fraction of sp³-hybridized carbons (Fsp3) is 0.750. The van der Waals surface area contributed by atoms with E-state index in [9.17, 15) is 0 Å². The second-order valence-corrected chi connectivity index (χ2v) is 6.16. The zero-order valence-corrected chi connectivity index (χ0v) is 11.8. The summed E-state index contributed by atoms with van der Waals surface area (Å²) in [6, 6.07) is 0.456. The Labute approximate surface area is 113 Å². The van der Waals surface area contributed by atoms with E-state index >= 15 is 0 Å². The van der Waals surface area contributed by atoms with Crippen LogP contribution in [0.3, 0.4) is 0 Å². The molecule has 0 radical (unpaired) electrons. The molecular weight excluding hydrogens is 254 g/mol. The van der Waals surface area contributed by atoms with Gasteiger partial charge in [0.1, 0.15) is 0 Å². The van der Waals surface area contributed by atoms with Gasteiger partial charge >= 0.3 is 0 Å². The van der Waals surface area contributed by atoms with Gasteiger partial charge in [-0.05, 0) is 31.6 Å². The third-order valence-corrected chi connectivity index (χ3v) is 5.12. The molecule has 3 nitrogen and oxygen atoms in total. The van der Waals surface area contributed by atoms with E-state index < -0.39 is 0 Å². The van der Waals surface area contributed by atoms with E-state index in [0.717, 1.165) is 18.4 Å². The van der Waals surface area contributed by atoms with Crippen molar-refractivity contribution in [2.75, 3.05) is 13.1 Å². The first-order chi connectivity index (χ1) is 7.74. The van der Waals surface area contributed by atoms with Gasteiger partial charge in [-0.3, -0.25) is 4.90 Å². The standard InChI is InChI=1S/C12H19N3S.ClH/c1-8-12(16-7-14-8)6-15-4-9-2-3-11(13)10(9)5-15;/h7,9-11H,2-6,13H2,1H3;1H. The number of thiazole rings is 1. The normalized spacial score (nSPS) is 32.5. The fourth-order valence-corrected chi connectivity index (χ4v) is 4.03. The summed E-state index contributed by atoms with van der Waals surface area (Å²) in [4.78, 5) is 8.30. The first-order valence-corrected chi connectivity index (χ1v) is 6.99. The average Bonchev–Trinajstić information content (AvgIpc) is 2.90. The van der Waals surface area contributed by atoms with Crippen molar-refractivity contribution in [2.45, 2.75) is 32.4 Å². The van der Waals surface area contributed by atoms with Crippen molar-refractivity contribution in [3.05, 3.63) is 16.1 Å². The zero-order chi connectivity index (χ0) is 11.1. The molecule has 3 atom stereocenters. The van der Waals surface area contributed by atoms with Gasteiger partial charge in [-0.2, -0.15) is 0 Å². The summed E-state index contributed by atoms with van der Waals surface area (Å²) in [7, 11) is 0. The van der Waals surface area contributed by atoms with Crippen LogP contribution in [0.5, 0.6) is 0 Å². The number of aromatic nitrogens is 1. The van der Waals surface area contributed by atoms with Gasteiger partial charge in [0.05, 0.1) is 11.2 Å². The molecule has 1 saturated heterocycles.